The standard InChI is InChI=1S/C10H12INO4/c1-5-7(13)3-10(16-5)12-4-6(11)8(14)2-9(12)15/h4-5,7,10,13H,2-3H2,1H3/t5-,7-,10-/m1/s1. The van der Waals surface area contributed by atoms with E-state index >= 15 is 0 Å². The lowest BCUT2D eigenvalue weighted by Gasteiger charge is -2.27. The molecule has 0 bridgehead atoms. The molecule has 0 saturated carbocycles. The molecule has 0 unspecified atom stereocenters. The zero-order valence-corrected chi connectivity index (χ0v) is 10.9. The third kappa shape index (κ3) is 2.14. The molecule has 2 aliphatic heterocycles. The van der Waals surface area contributed by atoms with E-state index in [1.807, 2.05) is 22.6 Å². The molecule has 5 nitrogen and oxygen atoms in total. The van der Waals surface area contributed by atoms with Crippen molar-refractivity contribution in [3.05, 3.63) is 9.78 Å². The number of hydrogen-bond acceptors (Lipinski definition) is 4. The third-order valence-electron chi connectivity index (χ3n) is 2.79. The van der Waals surface area contributed by atoms with E-state index in [0.717, 1.165) is 0 Å². The van der Waals surface area contributed by atoms with Crippen LogP contribution in [0.25, 0.3) is 0 Å². The van der Waals surface area contributed by atoms with Gasteiger partial charge in [-0.1, -0.05) is 0 Å². The van der Waals surface area contributed by atoms with Crippen molar-refractivity contribution in [3.8, 4) is 0 Å². The van der Waals surface area contributed by atoms with Crippen LogP contribution in [0.5, 0.6) is 0 Å². The highest BCUT2D eigenvalue weighted by atomic mass is 127. The largest absolute Gasteiger partial charge is 0.390 e. The van der Waals surface area contributed by atoms with Crippen molar-refractivity contribution in [2.75, 3.05) is 0 Å². The van der Waals surface area contributed by atoms with Crippen LogP contribution in [-0.4, -0.2) is 40.1 Å². The summed E-state index contributed by atoms with van der Waals surface area (Å²) in [6, 6.07) is 0. The molecule has 1 saturated heterocycles. The van der Waals surface area contributed by atoms with Gasteiger partial charge in [0, 0.05) is 12.6 Å². The Labute approximate surface area is 107 Å². The Morgan fingerprint density at radius 1 is 1.56 bits per heavy atom. The Hall–Kier alpha value is -0.470. The summed E-state index contributed by atoms with van der Waals surface area (Å²) in [4.78, 5) is 24.3. The van der Waals surface area contributed by atoms with Crippen LogP contribution < -0.4 is 0 Å². The molecule has 3 atom stereocenters. The Morgan fingerprint density at radius 2 is 2.25 bits per heavy atom. The minimum Gasteiger partial charge on any atom is -0.390 e. The Balaban J connectivity index is 2.16. The number of Topliss-reactive ketones (excluding diaryl/α,β-unsaturated/α-hetero) is 1. The predicted molar refractivity (Wildman–Crippen MR) is 63.5 cm³/mol. The van der Waals surface area contributed by atoms with Crippen LogP contribution in [0.3, 0.4) is 0 Å². The Kier molecular flexibility index (Phi) is 3.32. The van der Waals surface area contributed by atoms with E-state index in [2.05, 4.69) is 0 Å². The number of nitrogens with zero attached hydrogens (tertiary/aromatic N) is 1. The minimum absolute atomic E-state index is 0.112. The Morgan fingerprint density at radius 3 is 2.81 bits per heavy atom. The molecule has 0 aromatic rings. The molecule has 0 aromatic heterocycles. The second kappa shape index (κ2) is 4.42. The van der Waals surface area contributed by atoms with Gasteiger partial charge in [0.15, 0.2) is 5.78 Å². The van der Waals surface area contributed by atoms with Gasteiger partial charge in [-0.2, -0.15) is 0 Å². The van der Waals surface area contributed by atoms with Gasteiger partial charge in [0.1, 0.15) is 6.23 Å². The highest BCUT2D eigenvalue weighted by molar-refractivity contribution is 14.1. The van der Waals surface area contributed by atoms with E-state index in [4.69, 9.17) is 4.74 Å². The van der Waals surface area contributed by atoms with E-state index in [1.165, 1.54) is 11.1 Å². The first-order valence-corrected chi connectivity index (χ1v) is 6.12. The smallest absolute Gasteiger partial charge is 0.236 e. The summed E-state index contributed by atoms with van der Waals surface area (Å²) in [5.41, 5.74) is 0. The van der Waals surface area contributed by atoms with Gasteiger partial charge in [0.2, 0.25) is 5.91 Å². The van der Waals surface area contributed by atoms with Gasteiger partial charge in [-0.25, -0.2) is 0 Å². The normalized spacial score (nSPS) is 35.6. The van der Waals surface area contributed by atoms with Crippen LogP contribution >= 0.6 is 22.6 Å². The number of carbonyl (C=O) groups is 2. The van der Waals surface area contributed by atoms with Gasteiger partial charge in [-0.05, 0) is 29.5 Å². The highest BCUT2D eigenvalue weighted by Gasteiger charge is 2.38. The van der Waals surface area contributed by atoms with Gasteiger partial charge < -0.3 is 9.84 Å². The second-order valence-electron chi connectivity index (χ2n) is 3.98. The monoisotopic (exact) mass is 337 g/mol. The van der Waals surface area contributed by atoms with E-state index < -0.39 is 12.3 Å². The van der Waals surface area contributed by atoms with E-state index in [0.29, 0.717) is 10.0 Å². The lowest BCUT2D eigenvalue weighted by atomic mass is 10.1. The van der Waals surface area contributed by atoms with Crippen molar-refractivity contribution >= 4 is 34.3 Å². The molecule has 2 aliphatic rings. The fraction of sp³-hybridized carbons (Fsp3) is 0.600. The van der Waals surface area contributed by atoms with E-state index in [-0.39, 0.29) is 24.2 Å². The number of halogens is 1. The molecule has 1 amide bonds. The van der Waals surface area contributed by atoms with E-state index in [9.17, 15) is 14.7 Å². The van der Waals surface area contributed by atoms with Crippen molar-refractivity contribution in [1.82, 2.24) is 4.90 Å². The fourth-order valence-corrected chi connectivity index (χ4v) is 2.29. The first-order chi connectivity index (χ1) is 7.49. The summed E-state index contributed by atoms with van der Waals surface area (Å²) in [6.07, 6.45) is 0.503. The topological polar surface area (TPSA) is 66.8 Å². The van der Waals surface area contributed by atoms with Gasteiger partial charge in [0.05, 0.1) is 22.2 Å². The molecule has 2 rings (SSSR count). The first kappa shape index (κ1) is 12.0. The van der Waals surface area contributed by atoms with Crippen molar-refractivity contribution < 1.29 is 19.4 Å². The van der Waals surface area contributed by atoms with Crippen molar-refractivity contribution in [2.45, 2.75) is 38.2 Å². The molecule has 16 heavy (non-hydrogen) atoms. The summed E-state index contributed by atoms with van der Waals surface area (Å²) in [7, 11) is 0. The summed E-state index contributed by atoms with van der Waals surface area (Å²) < 4.78 is 5.99. The van der Waals surface area contributed by atoms with Crippen LogP contribution in [-0.2, 0) is 14.3 Å². The predicted octanol–water partition coefficient (Wildman–Crippen LogP) is 0.560. The summed E-state index contributed by atoms with van der Waals surface area (Å²) in [6.45, 7) is 1.76. The van der Waals surface area contributed by atoms with E-state index in [1.54, 1.807) is 6.92 Å². The number of aliphatic hydroxyl groups excluding tert-OH is 1. The molecule has 2 heterocycles. The summed E-state index contributed by atoms with van der Waals surface area (Å²) >= 11 is 1.90. The number of aliphatic hydroxyl groups is 1. The van der Waals surface area contributed by atoms with Crippen LogP contribution in [0.15, 0.2) is 9.78 Å². The highest BCUT2D eigenvalue weighted by Crippen LogP contribution is 2.28. The third-order valence-corrected chi connectivity index (χ3v) is 3.67. The number of carbonyl (C=O) groups excluding carboxylic acids is 2. The van der Waals surface area contributed by atoms with Crippen LogP contribution in [0.2, 0.25) is 0 Å². The first-order valence-electron chi connectivity index (χ1n) is 5.04. The number of hydrogen-bond donors (Lipinski definition) is 1. The molecule has 0 aromatic carbocycles. The van der Waals surface area contributed by atoms with Crippen LogP contribution in [0.1, 0.15) is 19.8 Å². The molecule has 0 radical (unpaired) electrons. The summed E-state index contributed by atoms with van der Waals surface area (Å²) in [5.74, 6) is -0.426. The number of allylic oxidation sites excluding steroid dienone is 1. The zero-order valence-electron chi connectivity index (χ0n) is 8.72. The molecule has 1 N–H and O–H groups in total. The number of ketones is 1. The fourth-order valence-electron chi connectivity index (χ4n) is 1.79. The Bertz CT molecular complexity index is 358. The van der Waals surface area contributed by atoms with Crippen LogP contribution in [0.4, 0.5) is 0 Å². The van der Waals surface area contributed by atoms with Crippen LogP contribution in [0, 0.1) is 0 Å². The molecule has 6 heteroatoms. The zero-order chi connectivity index (χ0) is 11.9. The molecular formula is C10H12INO4. The maximum atomic E-state index is 11.6. The average Bonchev–Trinajstić information content (AvgIpc) is 2.53. The van der Waals surface area contributed by atoms with Crippen molar-refractivity contribution in [3.63, 3.8) is 0 Å². The number of amides is 1. The maximum Gasteiger partial charge on any atom is 0.236 e. The van der Waals surface area contributed by atoms with Gasteiger partial charge in [-0.3, -0.25) is 14.5 Å². The SMILES string of the molecule is C[C@H]1O[C@@H](N2C=C(I)C(=O)CC2=O)C[C@H]1O. The number of rotatable bonds is 1. The van der Waals surface area contributed by atoms with Gasteiger partial charge >= 0.3 is 0 Å². The second-order valence-corrected chi connectivity index (χ2v) is 5.14. The minimum atomic E-state index is -0.554. The quantitative estimate of drug-likeness (QED) is 0.561. The van der Waals surface area contributed by atoms with Crippen molar-refractivity contribution in [1.29, 1.82) is 0 Å². The van der Waals surface area contributed by atoms with Crippen molar-refractivity contribution in [2.24, 2.45) is 0 Å². The summed E-state index contributed by atoms with van der Waals surface area (Å²) in [5, 5.41) is 9.55. The lowest BCUT2D eigenvalue weighted by molar-refractivity contribution is -0.142. The number of ether oxygens (including phenoxy) is 1. The van der Waals surface area contributed by atoms with Gasteiger partial charge in [-0.15, -0.1) is 0 Å². The van der Waals surface area contributed by atoms with Gasteiger partial charge in [0.25, 0.3) is 0 Å². The molecule has 0 spiro atoms. The average molecular weight is 337 g/mol. The molecule has 0 aliphatic carbocycles. The molecular weight excluding hydrogens is 325 g/mol. The maximum absolute atomic E-state index is 11.6. The lowest BCUT2D eigenvalue weighted by Crippen LogP contribution is -2.40. The molecule has 88 valence electrons. The molecule has 1 fully saturated rings.